The predicted octanol–water partition coefficient (Wildman–Crippen LogP) is 1.96. The summed E-state index contributed by atoms with van der Waals surface area (Å²) in [4.78, 5) is 14.0. The molecule has 5 heteroatoms. The van der Waals surface area contributed by atoms with Crippen molar-refractivity contribution in [1.29, 1.82) is 0 Å². The van der Waals surface area contributed by atoms with E-state index in [1.165, 1.54) is 6.07 Å². The first-order valence-electron chi connectivity index (χ1n) is 6.49. The summed E-state index contributed by atoms with van der Waals surface area (Å²) in [5.41, 5.74) is 0.646. The molecule has 20 heavy (non-hydrogen) atoms. The highest BCUT2D eigenvalue weighted by molar-refractivity contribution is 5.84. The number of pyridine rings is 1. The molecule has 0 bridgehead atoms. The fourth-order valence-corrected chi connectivity index (χ4v) is 1.90. The second-order valence-corrected chi connectivity index (χ2v) is 4.48. The van der Waals surface area contributed by atoms with Crippen LogP contribution in [0.3, 0.4) is 0 Å². The van der Waals surface area contributed by atoms with Crippen LogP contribution in [-0.2, 0) is 0 Å². The lowest BCUT2D eigenvalue weighted by atomic mass is 10.2. The van der Waals surface area contributed by atoms with Crippen molar-refractivity contribution in [3.05, 3.63) is 53.0 Å². The highest BCUT2D eigenvalue weighted by Gasteiger charge is 2.02. The molecule has 1 aromatic heterocycles. The Balaban J connectivity index is 1.90. The number of aliphatic hydroxyl groups is 1. The summed E-state index contributed by atoms with van der Waals surface area (Å²) in [5.74, 6) is 0.884. The van der Waals surface area contributed by atoms with Gasteiger partial charge in [0.2, 0.25) is 5.56 Å². The number of aromatic nitrogens is 1. The molecule has 0 aliphatic carbocycles. The number of fused-ring (bicyclic) bond motifs is 1. The van der Waals surface area contributed by atoms with Crippen LogP contribution < -0.4 is 15.6 Å². The summed E-state index contributed by atoms with van der Waals surface area (Å²) < 4.78 is 5.72. The molecule has 0 fully saturated rings. The van der Waals surface area contributed by atoms with E-state index in [0.717, 1.165) is 29.6 Å². The third-order valence-electron chi connectivity index (χ3n) is 2.81. The van der Waals surface area contributed by atoms with Crippen molar-refractivity contribution in [3.63, 3.8) is 0 Å². The number of benzene rings is 1. The van der Waals surface area contributed by atoms with Crippen LogP contribution in [-0.4, -0.2) is 29.8 Å². The summed E-state index contributed by atoms with van der Waals surface area (Å²) in [7, 11) is 0. The van der Waals surface area contributed by atoms with Crippen molar-refractivity contribution in [2.75, 3.05) is 19.7 Å². The van der Waals surface area contributed by atoms with E-state index in [0.29, 0.717) is 13.2 Å². The molecular formula is C15H18N2O3. The molecule has 106 valence electrons. The first-order chi connectivity index (χ1) is 9.66. The van der Waals surface area contributed by atoms with E-state index < -0.39 is 0 Å². The van der Waals surface area contributed by atoms with Crippen molar-refractivity contribution in [2.24, 2.45) is 0 Å². The number of hydrogen-bond acceptors (Lipinski definition) is 4. The molecule has 0 atom stereocenters. The van der Waals surface area contributed by atoms with Gasteiger partial charge in [0.25, 0.3) is 0 Å². The molecule has 3 N–H and O–H groups in total. The van der Waals surface area contributed by atoms with Gasteiger partial charge >= 0.3 is 0 Å². The van der Waals surface area contributed by atoms with Crippen molar-refractivity contribution in [1.82, 2.24) is 10.3 Å². The Kier molecular flexibility index (Phi) is 4.79. The maximum Gasteiger partial charge on any atom is 0.248 e. The first-order valence-corrected chi connectivity index (χ1v) is 6.49. The second-order valence-electron chi connectivity index (χ2n) is 4.48. The van der Waals surface area contributed by atoms with Gasteiger partial charge in [0.1, 0.15) is 5.75 Å². The lowest BCUT2D eigenvalue weighted by Crippen LogP contribution is -2.19. The number of ether oxygens (including phenoxy) is 1. The van der Waals surface area contributed by atoms with Crippen LogP contribution in [0.1, 0.15) is 6.42 Å². The topological polar surface area (TPSA) is 74.3 Å². The molecule has 5 nitrogen and oxygen atoms in total. The molecule has 0 amide bonds. The summed E-state index contributed by atoms with van der Waals surface area (Å²) in [5, 5.41) is 12.8. The van der Waals surface area contributed by atoms with Crippen molar-refractivity contribution in [3.8, 4) is 5.75 Å². The highest BCUT2D eigenvalue weighted by atomic mass is 16.5. The third kappa shape index (κ3) is 3.86. The molecule has 0 saturated heterocycles. The van der Waals surface area contributed by atoms with Gasteiger partial charge in [0.15, 0.2) is 0 Å². The van der Waals surface area contributed by atoms with Crippen LogP contribution in [0, 0.1) is 0 Å². The summed E-state index contributed by atoms with van der Waals surface area (Å²) in [6.45, 7) is 5.09. The molecule has 0 unspecified atom stereocenters. The van der Waals surface area contributed by atoms with Crippen molar-refractivity contribution < 1.29 is 9.84 Å². The molecule has 0 radical (unpaired) electrons. The average Bonchev–Trinajstić information content (AvgIpc) is 2.42. The third-order valence-corrected chi connectivity index (χ3v) is 2.81. The molecule has 0 aliphatic rings. The molecule has 1 aromatic carbocycles. The normalized spacial score (nSPS) is 10.6. The minimum absolute atomic E-state index is 0.122. The Labute approximate surface area is 116 Å². The molecule has 0 spiro atoms. The van der Waals surface area contributed by atoms with Crippen LogP contribution in [0.15, 0.2) is 47.5 Å². The summed E-state index contributed by atoms with van der Waals surface area (Å²) in [6.07, 6.45) is 0.813. The van der Waals surface area contributed by atoms with E-state index in [-0.39, 0.29) is 11.3 Å². The van der Waals surface area contributed by atoms with Crippen LogP contribution in [0.5, 0.6) is 5.75 Å². The van der Waals surface area contributed by atoms with Crippen molar-refractivity contribution in [2.45, 2.75) is 6.42 Å². The highest BCUT2D eigenvalue weighted by Crippen LogP contribution is 2.22. The van der Waals surface area contributed by atoms with Gasteiger partial charge in [-0.25, -0.2) is 0 Å². The molecule has 1 heterocycles. The average molecular weight is 274 g/mol. The van der Waals surface area contributed by atoms with Crippen LogP contribution in [0.2, 0.25) is 0 Å². The molecule has 0 saturated carbocycles. The predicted molar refractivity (Wildman–Crippen MR) is 79.3 cm³/mol. The standard InChI is InChI=1S/C15H18N2O3/c1-11(18)10-16-8-3-9-20-14-5-2-4-13-12(14)6-7-15(19)17-13/h2,4-7,16,18H,1,3,8-10H2,(H,17,19). The van der Waals surface area contributed by atoms with Gasteiger partial charge in [-0.05, 0) is 31.2 Å². The molecule has 0 aliphatic heterocycles. The Hall–Kier alpha value is -2.27. The van der Waals surface area contributed by atoms with Gasteiger partial charge in [0, 0.05) is 11.5 Å². The van der Waals surface area contributed by atoms with Gasteiger partial charge in [-0.3, -0.25) is 4.79 Å². The minimum atomic E-state index is -0.122. The van der Waals surface area contributed by atoms with Gasteiger partial charge in [-0.1, -0.05) is 12.6 Å². The van der Waals surface area contributed by atoms with Gasteiger partial charge < -0.3 is 20.1 Å². The van der Waals surface area contributed by atoms with Crippen molar-refractivity contribution >= 4 is 10.9 Å². The largest absolute Gasteiger partial charge is 0.512 e. The zero-order chi connectivity index (χ0) is 14.4. The van der Waals surface area contributed by atoms with E-state index >= 15 is 0 Å². The van der Waals surface area contributed by atoms with E-state index in [2.05, 4.69) is 16.9 Å². The zero-order valence-electron chi connectivity index (χ0n) is 11.2. The van der Waals surface area contributed by atoms with Crippen LogP contribution >= 0.6 is 0 Å². The van der Waals surface area contributed by atoms with E-state index in [1.807, 2.05) is 18.2 Å². The monoisotopic (exact) mass is 274 g/mol. The zero-order valence-corrected chi connectivity index (χ0v) is 11.2. The number of nitrogens with one attached hydrogen (secondary N) is 2. The minimum Gasteiger partial charge on any atom is -0.512 e. The Morgan fingerprint density at radius 2 is 2.20 bits per heavy atom. The lowest BCUT2D eigenvalue weighted by Gasteiger charge is -2.09. The fraction of sp³-hybridized carbons (Fsp3) is 0.267. The summed E-state index contributed by atoms with van der Waals surface area (Å²) >= 11 is 0. The van der Waals surface area contributed by atoms with Gasteiger partial charge in [0.05, 0.1) is 24.4 Å². The maximum atomic E-state index is 11.2. The number of rotatable bonds is 7. The maximum absolute atomic E-state index is 11.2. The van der Waals surface area contributed by atoms with Gasteiger partial charge in [-0.15, -0.1) is 0 Å². The molecule has 2 aromatic rings. The lowest BCUT2D eigenvalue weighted by molar-refractivity contribution is 0.309. The molecular weight excluding hydrogens is 256 g/mol. The Morgan fingerprint density at radius 3 is 3.00 bits per heavy atom. The van der Waals surface area contributed by atoms with E-state index in [4.69, 9.17) is 9.84 Å². The number of aliphatic hydroxyl groups excluding tert-OH is 1. The molecule has 2 rings (SSSR count). The van der Waals surface area contributed by atoms with Crippen LogP contribution in [0.25, 0.3) is 10.9 Å². The Morgan fingerprint density at radius 1 is 1.35 bits per heavy atom. The number of aromatic amines is 1. The quantitative estimate of drug-likeness (QED) is 0.533. The fourth-order valence-electron chi connectivity index (χ4n) is 1.90. The second kappa shape index (κ2) is 6.77. The SMILES string of the molecule is C=C(O)CNCCCOc1cccc2[nH]c(=O)ccc12. The smallest absolute Gasteiger partial charge is 0.248 e. The summed E-state index contributed by atoms with van der Waals surface area (Å²) in [6, 6.07) is 8.82. The Bertz CT molecular complexity index is 649. The van der Waals surface area contributed by atoms with Crippen LogP contribution in [0.4, 0.5) is 0 Å². The number of hydrogen-bond donors (Lipinski definition) is 3. The van der Waals surface area contributed by atoms with E-state index in [9.17, 15) is 4.79 Å². The van der Waals surface area contributed by atoms with E-state index in [1.54, 1.807) is 6.07 Å². The number of H-pyrrole nitrogens is 1. The van der Waals surface area contributed by atoms with Gasteiger partial charge in [-0.2, -0.15) is 0 Å². The first kappa shape index (κ1) is 14.1.